The van der Waals surface area contributed by atoms with Gasteiger partial charge in [0.2, 0.25) is 11.8 Å². The van der Waals surface area contributed by atoms with Crippen molar-refractivity contribution in [3.8, 4) is 5.75 Å². The summed E-state index contributed by atoms with van der Waals surface area (Å²) in [4.78, 5) is 27.0. The van der Waals surface area contributed by atoms with Crippen LogP contribution in [0.5, 0.6) is 5.75 Å². The topological polar surface area (TPSA) is 70.7 Å². The number of likely N-dealkylation sites (N-methyl/N-ethyl adjacent to an activating group) is 1. The summed E-state index contributed by atoms with van der Waals surface area (Å²) in [6, 6.07) is 7.58. The van der Waals surface area contributed by atoms with Gasteiger partial charge in [-0.25, -0.2) is 0 Å². The Hall–Kier alpha value is -2.24. The molecular weight excluding hydrogens is 318 g/mol. The van der Waals surface area contributed by atoms with Crippen molar-refractivity contribution in [2.45, 2.75) is 37.6 Å². The zero-order valence-electron chi connectivity index (χ0n) is 15.0. The molecule has 1 aliphatic carbocycles. The molecule has 2 N–H and O–H groups in total. The minimum absolute atomic E-state index is 0.0361. The second kappa shape index (κ2) is 7.33. The van der Waals surface area contributed by atoms with Gasteiger partial charge in [-0.2, -0.15) is 0 Å². The smallest absolute Gasteiger partial charge is 0.245 e. The van der Waals surface area contributed by atoms with Crippen LogP contribution in [0.15, 0.2) is 24.3 Å². The Bertz CT molecular complexity index is 635. The number of nitrogens with one attached hydrogen (secondary N) is 2. The molecule has 136 valence electrons. The number of anilines is 1. The molecule has 1 aromatic carbocycles. The fraction of sp³-hybridized carbons (Fsp3) is 0.579. The van der Waals surface area contributed by atoms with Crippen molar-refractivity contribution in [3.63, 3.8) is 0 Å². The summed E-state index contributed by atoms with van der Waals surface area (Å²) in [7, 11) is 3.28. The molecule has 6 nitrogen and oxygen atoms in total. The predicted molar refractivity (Wildman–Crippen MR) is 96.6 cm³/mol. The number of carbonyl (C=O) groups is 2. The van der Waals surface area contributed by atoms with Crippen molar-refractivity contribution in [3.05, 3.63) is 24.3 Å². The number of ether oxygens (including phenoxy) is 1. The van der Waals surface area contributed by atoms with Crippen LogP contribution in [0.4, 0.5) is 5.69 Å². The lowest BCUT2D eigenvalue weighted by molar-refractivity contribution is -0.141. The molecule has 1 aliphatic heterocycles. The zero-order chi connectivity index (χ0) is 17.9. The van der Waals surface area contributed by atoms with E-state index in [2.05, 4.69) is 10.6 Å². The van der Waals surface area contributed by atoms with Gasteiger partial charge < -0.3 is 20.3 Å². The molecular formula is C19H27N3O3. The lowest BCUT2D eigenvalue weighted by atomic mass is 9.82. The molecule has 0 atom stereocenters. The van der Waals surface area contributed by atoms with E-state index in [1.54, 1.807) is 14.2 Å². The highest BCUT2D eigenvalue weighted by molar-refractivity contribution is 5.90. The first-order chi connectivity index (χ1) is 12.1. The molecule has 0 spiro atoms. The Labute approximate surface area is 148 Å². The Morgan fingerprint density at radius 1 is 1.24 bits per heavy atom. The highest BCUT2D eigenvalue weighted by Gasteiger charge is 2.43. The minimum atomic E-state index is -0.697. The van der Waals surface area contributed by atoms with E-state index in [-0.39, 0.29) is 17.7 Å². The zero-order valence-corrected chi connectivity index (χ0v) is 15.0. The molecule has 1 aromatic rings. The van der Waals surface area contributed by atoms with E-state index in [1.807, 2.05) is 29.2 Å². The van der Waals surface area contributed by atoms with Crippen molar-refractivity contribution >= 4 is 17.5 Å². The molecule has 1 heterocycles. The predicted octanol–water partition coefficient (Wildman–Crippen LogP) is 2.01. The highest BCUT2D eigenvalue weighted by Crippen LogP contribution is 2.33. The fourth-order valence-electron chi connectivity index (χ4n) is 3.65. The van der Waals surface area contributed by atoms with Gasteiger partial charge in [-0.05, 0) is 37.8 Å². The van der Waals surface area contributed by atoms with Crippen LogP contribution in [0.25, 0.3) is 0 Å². The van der Waals surface area contributed by atoms with E-state index < -0.39 is 5.54 Å². The summed E-state index contributed by atoms with van der Waals surface area (Å²) in [5, 5.41) is 6.18. The lowest BCUT2D eigenvalue weighted by Gasteiger charge is -2.43. The third kappa shape index (κ3) is 3.57. The number of benzene rings is 1. The van der Waals surface area contributed by atoms with Crippen molar-refractivity contribution in [1.29, 1.82) is 0 Å². The van der Waals surface area contributed by atoms with Gasteiger partial charge in [-0.3, -0.25) is 9.59 Å². The van der Waals surface area contributed by atoms with Crippen molar-refractivity contribution in [2.24, 2.45) is 5.92 Å². The van der Waals surface area contributed by atoms with Crippen LogP contribution in [-0.2, 0) is 9.59 Å². The highest BCUT2D eigenvalue weighted by atomic mass is 16.5. The maximum absolute atomic E-state index is 12.6. The third-order valence-corrected chi connectivity index (χ3v) is 5.50. The van der Waals surface area contributed by atoms with Gasteiger partial charge in [0.05, 0.1) is 7.11 Å². The van der Waals surface area contributed by atoms with E-state index in [9.17, 15) is 9.59 Å². The second-order valence-electron chi connectivity index (χ2n) is 6.97. The molecule has 0 radical (unpaired) electrons. The molecule has 2 fully saturated rings. The van der Waals surface area contributed by atoms with E-state index in [0.717, 1.165) is 30.7 Å². The van der Waals surface area contributed by atoms with Gasteiger partial charge in [0, 0.05) is 37.8 Å². The summed E-state index contributed by atoms with van der Waals surface area (Å²) in [5.41, 5.74) is 0.152. The number of piperidine rings is 1. The molecule has 1 saturated carbocycles. The molecule has 6 heteroatoms. The van der Waals surface area contributed by atoms with Crippen LogP contribution < -0.4 is 15.4 Å². The van der Waals surface area contributed by atoms with E-state index in [4.69, 9.17) is 4.74 Å². The molecule has 0 bridgehead atoms. The van der Waals surface area contributed by atoms with Crippen molar-refractivity contribution in [1.82, 2.24) is 10.2 Å². The largest absolute Gasteiger partial charge is 0.497 e. The average molecular weight is 345 g/mol. The summed E-state index contributed by atoms with van der Waals surface area (Å²) in [6.07, 6.45) is 4.38. The van der Waals surface area contributed by atoms with Gasteiger partial charge >= 0.3 is 0 Å². The molecule has 0 unspecified atom stereocenters. The first kappa shape index (κ1) is 17.6. The van der Waals surface area contributed by atoms with E-state index >= 15 is 0 Å². The molecule has 1 saturated heterocycles. The van der Waals surface area contributed by atoms with Crippen LogP contribution in [-0.4, -0.2) is 49.5 Å². The first-order valence-electron chi connectivity index (χ1n) is 9.01. The maximum atomic E-state index is 12.6. The number of hydrogen-bond acceptors (Lipinski definition) is 4. The standard InChI is InChI=1S/C19H27N3O3/c1-20-18(24)19(21-15-7-4-8-16(13-15)25-2)9-11-22(12-10-19)17(23)14-5-3-6-14/h4,7-8,13-14,21H,3,5-6,9-12H2,1-2H3,(H,20,24). The first-order valence-corrected chi connectivity index (χ1v) is 9.01. The van der Waals surface area contributed by atoms with E-state index in [1.165, 1.54) is 0 Å². The number of carbonyl (C=O) groups excluding carboxylic acids is 2. The number of likely N-dealkylation sites (tertiary alicyclic amines) is 1. The third-order valence-electron chi connectivity index (χ3n) is 5.50. The Morgan fingerprint density at radius 3 is 2.52 bits per heavy atom. The SMILES string of the molecule is CNC(=O)C1(Nc2cccc(OC)c2)CCN(C(=O)C2CCC2)CC1. The van der Waals surface area contributed by atoms with Crippen LogP contribution in [0.1, 0.15) is 32.1 Å². The number of rotatable bonds is 5. The molecule has 2 amide bonds. The van der Waals surface area contributed by atoms with Gasteiger partial charge in [-0.1, -0.05) is 12.5 Å². The van der Waals surface area contributed by atoms with Gasteiger partial charge in [0.25, 0.3) is 0 Å². The molecule has 2 aliphatic rings. The van der Waals surface area contributed by atoms with Gasteiger partial charge in [0.15, 0.2) is 0 Å². The lowest BCUT2D eigenvalue weighted by Crippen LogP contribution is -2.59. The minimum Gasteiger partial charge on any atom is -0.497 e. The van der Waals surface area contributed by atoms with E-state index in [0.29, 0.717) is 25.9 Å². The summed E-state index contributed by atoms with van der Waals surface area (Å²) in [5.74, 6) is 1.18. The monoisotopic (exact) mass is 345 g/mol. The molecule has 25 heavy (non-hydrogen) atoms. The normalized spacial score (nSPS) is 19.7. The summed E-state index contributed by atoms with van der Waals surface area (Å²) < 4.78 is 5.26. The Kier molecular flexibility index (Phi) is 5.16. The Morgan fingerprint density at radius 2 is 1.96 bits per heavy atom. The number of hydrogen-bond donors (Lipinski definition) is 2. The van der Waals surface area contributed by atoms with Crippen molar-refractivity contribution < 1.29 is 14.3 Å². The fourth-order valence-corrected chi connectivity index (χ4v) is 3.65. The number of nitrogens with zero attached hydrogens (tertiary/aromatic N) is 1. The van der Waals surface area contributed by atoms with Gasteiger partial charge in [-0.15, -0.1) is 0 Å². The van der Waals surface area contributed by atoms with Crippen LogP contribution in [0.2, 0.25) is 0 Å². The molecule has 3 rings (SSSR count). The van der Waals surface area contributed by atoms with Crippen LogP contribution in [0.3, 0.4) is 0 Å². The Balaban J connectivity index is 1.72. The molecule has 0 aromatic heterocycles. The van der Waals surface area contributed by atoms with Crippen LogP contribution in [0, 0.1) is 5.92 Å². The van der Waals surface area contributed by atoms with Crippen LogP contribution >= 0.6 is 0 Å². The summed E-state index contributed by atoms with van der Waals surface area (Å²) in [6.45, 7) is 1.22. The summed E-state index contributed by atoms with van der Waals surface area (Å²) >= 11 is 0. The maximum Gasteiger partial charge on any atom is 0.245 e. The quantitative estimate of drug-likeness (QED) is 0.856. The number of amides is 2. The average Bonchev–Trinajstić information content (AvgIpc) is 2.60. The van der Waals surface area contributed by atoms with Crippen molar-refractivity contribution in [2.75, 3.05) is 32.6 Å². The number of methoxy groups -OCH3 is 1. The van der Waals surface area contributed by atoms with Gasteiger partial charge in [0.1, 0.15) is 11.3 Å². The second-order valence-corrected chi connectivity index (χ2v) is 6.97.